The molecule has 0 atom stereocenters. The molecule has 3 rings (SSSR count). The van der Waals surface area contributed by atoms with Gasteiger partial charge in [0.15, 0.2) is 0 Å². The third-order valence-electron chi connectivity index (χ3n) is 3.09. The summed E-state index contributed by atoms with van der Waals surface area (Å²) < 4.78 is 1.67. The Hall–Kier alpha value is -3.07. The van der Waals surface area contributed by atoms with E-state index in [0.29, 0.717) is 17.1 Å². The Morgan fingerprint density at radius 3 is 2.83 bits per heavy atom. The van der Waals surface area contributed by atoms with Crippen LogP contribution in [0.25, 0.3) is 11.5 Å². The van der Waals surface area contributed by atoms with Gasteiger partial charge in [0.25, 0.3) is 0 Å². The Labute approximate surface area is 135 Å². The van der Waals surface area contributed by atoms with Crippen LogP contribution in [0.3, 0.4) is 0 Å². The highest BCUT2D eigenvalue weighted by Crippen LogP contribution is 2.15. The molecule has 23 heavy (non-hydrogen) atoms. The molecule has 0 unspecified atom stereocenters. The average Bonchev–Trinajstić information content (AvgIpc) is 3.11. The summed E-state index contributed by atoms with van der Waals surface area (Å²) in [6.45, 7) is 1.87. The summed E-state index contributed by atoms with van der Waals surface area (Å²) in [6, 6.07) is 8.37. The van der Waals surface area contributed by atoms with Gasteiger partial charge in [0.05, 0.1) is 11.8 Å². The second-order valence-corrected chi connectivity index (χ2v) is 5.12. The fraction of sp³-hybridized carbons (Fsp3) is 0.0714. The molecule has 0 bridgehead atoms. The number of carboxylic acid groups (broad SMARTS) is 1. The van der Waals surface area contributed by atoms with E-state index in [-0.39, 0.29) is 10.3 Å². The van der Waals surface area contributed by atoms with Crippen LogP contribution in [0.15, 0.2) is 35.4 Å². The van der Waals surface area contributed by atoms with E-state index in [2.05, 4.69) is 25.5 Å². The average molecular weight is 328 g/mol. The number of H-pyrrole nitrogens is 2. The van der Waals surface area contributed by atoms with Crippen LogP contribution >= 0.6 is 12.2 Å². The Morgan fingerprint density at radius 2 is 2.13 bits per heavy atom. The van der Waals surface area contributed by atoms with Crippen molar-refractivity contribution in [3.63, 3.8) is 0 Å². The lowest BCUT2D eigenvalue weighted by atomic mass is 10.1. The highest BCUT2D eigenvalue weighted by atomic mass is 32.1. The molecule has 0 radical (unpaired) electrons. The van der Waals surface area contributed by atoms with Crippen molar-refractivity contribution in [1.82, 2.24) is 25.1 Å². The van der Waals surface area contributed by atoms with Gasteiger partial charge in [0, 0.05) is 11.3 Å². The predicted molar refractivity (Wildman–Crippen MR) is 86.1 cm³/mol. The van der Waals surface area contributed by atoms with Crippen LogP contribution in [0.4, 0.5) is 0 Å². The second-order valence-electron chi connectivity index (χ2n) is 4.74. The minimum Gasteiger partial charge on any atom is -0.478 e. The molecule has 3 N–H and O–H groups in total. The van der Waals surface area contributed by atoms with Crippen molar-refractivity contribution < 1.29 is 9.90 Å². The lowest BCUT2D eigenvalue weighted by molar-refractivity contribution is 0.0697. The van der Waals surface area contributed by atoms with Crippen molar-refractivity contribution in [2.24, 2.45) is 5.10 Å². The molecule has 0 saturated carbocycles. The summed E-state index contributed by atoms with van der Waals surface area (Å²) in [5, 5.41) is 27.1. The van der Waals surface area contributed by atoms with Crippen molar-refractivity contribution >= 4 is 24.4 Å². The molecule has 0 saturated heterocycles. The third kappa shape index (κ3) is 2.94. The maximum atomic E-state index is 11.2. The van der Waals surface area contributed by atoms with Crippen molar-refractivity contribution in [3.05, 3.63) is 51.9 Å². The molecule has 2 aromatic heterocycles. The molecule has 0 aliphatic carbocycles. The number of aromatic nitrogens is 5. The van der Waals surface area contributed by atoms with Gasteiger partial charge in [-0.25, -0.2) is 9.89 Å². The molecule has 0 fully saturated rings. The Bertz CT molecular complexity index is 952. The molecule has 0 spiro atoms. The first-order valence-corrected chi connectivity index (χ1v) is 7.03. The van der Waals surface area contributed by atoms with Gasteiger partial charge in [-0.3, -0.25) is 5.10 Å². The van der Waals surface area contributed by atoms with Crippen molar-refractivity contribution in [2.45, 2.75) is 6.92 Å². The maximum Gasteiger partial charge on any atom is 0.336 e. The summed E-state index contributed by atoms with van der Waals surface area (Å²) in [7, 11) is 0. The fourth-order valence-electron chi connectivity index (χ4n) is 2.02. The Kier molecular flexibility index (Phi) is 3.85. The molecule has 9 heteroatoms. The smallest absolute Gasteiger partial charge is 0.336 e. The number of carbonyl (C=O) groups is 1. The fourth-order valence-corrected chi connectivity index (χ4v) is 2.20. The van der Waals surface area contributed by atoms with Crippen LogP contribution in [0.2, 0.25) is 0 Å². The minimum atomic E-state index is -1.02. The molecule has 116 valence electrons. The van der Waals surface area contributed by atoms with E-state index in [1.54, 1.807) is 18.2 Å². The number of aryl methyl sites for hydroxylation is 1. The Balaban J connectivity index is 2.03. The number of nitrogens with zero attached hydrogens (tertiary/aromatic N) is 4. The summed E-state index contributed by atoms with van der Waals surface area (Å²) in [4.78, 5) is 11.2. The quantitative estimate of drug-likeness (QED) is 0.502. The molecular weight excluding hydrogens is 316 g/mol. The van der Waals surface area contributed by atoms with Gasteiger partial charge in [-0.1, -0.05) is 18.2 Å². The molecule has 0 aliphatic rings. The van der Waals surface area contributed by atoms with Crippen molar-refractivity contribution in [1.29, 1.82) is 0 Å². The van der Waals surface area contributed by atoms with Crippen molar-refractivity contribution in [2.75, 3.05) is 0 Å². The van der Waals surface area contributed by atoms with E-state index in [1.165, 1.54) is 17.0 Å². The topological polar surface area (TPSA) is 112 Å². The molecule has 1 aromatic carbocycles. The number of nitrogens with one attached hydrogen (secondary N) is 2. The standard InChI is InChI=1S/C14H12N6O2S/c1-8-6-11(17-16-8)12-18-19-14(23)20(12)15-7-9-4-2-3-5-10(9)13(21)22/h2-7H,1H3,(H,16,17)(H,19,23)(H,21,22)/b15-7-. The van der Waals surface area contributed by atoms with Crippen LogP contribution in [-0.2, 0) is 0 Å². The molecule has 2 heterocycles. The number of rotatable bonds is 4. The first-order valence-electron chi connectivity index (χ1n) is 6.63. The van der Waals surface area contributed by atoms with Crippen LogP contribution in [0.1, 0.15) is 21.6 Å². The summed E-state index contributed by atoms with van der Waals surface area (Å²) in [5.41, 5.74) is 2.08. The van der Waals surface area contributed by atoms with Crippen molar-refractivity contribution in [3.8, 4) is 11.5 Å². The van der Waals surface area contributed by atoms with Crippen LogP contribution in [0, 0.1) is 11.7 Å². The SMILES string of the molecule is Cc1cc(-c2n[nH]c(=S)n2/N=C\c2ccccc2C(=O)O)n[nH]1. The lowest BCUT2D eigenvalue weighted by Crippen LogP contribution is -2.02. The van der Waals surface area contributed by atoms with Gasteiger partial charge in [-0.15, -0.1) is 0 Å². The lowest BCUT2D eigenvalue weighted by Gasteiger charge is -2.00. The van der Waals surface area contributed by atoms with Gasteiger partial charge in [0.2, 0.25) is 10.6 Å². The number of hydrogen-bond donors (Lipinski definition) is 3. The van der Waals surface area contributed by atoms with E-state index in [1.807, 2.05) is 13.0 Å². The number of aromatic carboxylic acids is 1. The predicted octanol–water partition coefficient (Wildman–Crippen LogP) is 2.22. The summed E-state index contributed by atoms with van der Waals surface area (Å²) >= 11 is 5.16. The number of hydrogen-bond acceptors (Lipinski definition) is 5. The number of carboxylic acids is 1. The first kappa shape index (κ1) is 14.9. The zero-order valence-corrected chi connectivity index (χ0v) is 12.8. The molecule has 0 amide bonds. The maximum absolute atomic E-state index is 11.2. The molecular formula is C14H12N6O2S. The van der Waals surface area contributed by atoms with E-state index in [9.17, 15) is 9.90 Å². The summed E-state index contributed by atoms with van der Waals surface area (Å²) in [5.74, 6) is -0.589. The first-order chi connectivity index (χ1) is 11.1. The zero-order chi connectivity index (χ0) is 16.4. The van der Waals surface area contributed by atoms with Gasteiger partial charge < -0.3 is 5.11 Å². The monoisotopic (exact) mass is 328 g/mol. The van der Waals surface area contributed by atoms with E-state index in [4.69, 9.17) is 12.2 Å². The van der Waals surface area contributed by atoms with E-state index in [0.717, 1.165) is 5.69 Å². The van der Waals surface area contributed by atoms with Gasteiger partial charge in [0.1, 0.15) is 5.69 Å². The van der Waals surface area contributed by atoms with Crippen LogP contribution < -0.4 is 0 Å². The Morgan fingerprint density at radius 1 is 1.35 bits per heavy atom. The summed E-state index contributed by atoms with van der Waals surface area (Å²) in [6.07, 6.45) is 1.43. The minimum absolute atomic E-state index is 0.156. The highest BCUT2D eigenvalue weighted by Gasteiger charge is 2.12. The zero-order valence-electron chi connectivity index (χ0n) is 12.0. The number of benzene rings is 1. The van der Waals surface area contributed by atoms with E-state index < -0.39 is 5.97 Å². The van der Waals surface area contributed by atoms with Gasteiger partial charge in [-0.2, -0.15) is 20.0 Å². The molecule has 8 nitrogen and oxygen atoms in total. The molecule has 0 aliphatic heterocycles. The third-order valence-corrected chi connectivity index (χ3v) is 3.35. The van der Waals surface area contributed by atoms with E-state index >= 15 is 0 Å². The van der Waals surface area contributed by atoms with Crippen LogP contribution in [-0.4, -0.2) is 42.4 Å². The largest absolute Gasteiger partial charge is 0.478 e. The normalized spacial score (nSPS) is 11.2. The second kappa shape index (κ2) is 5.97. The van der Waals surface area contributed by atoms with Crippen LogP contribution in [0.5, 0.6) is 0 Å². The number of aromatic amines is 2. The molecule has 3 aromatic rings. The van der Waals surface area contributed by atoms with Gasteiger partial charge >= 0.3 is 5.97 Å². The van der Waals surface area contributed by atoms with Gasteiger partial charge in [-0.05, 0) is 31.3 Å². The highest BCUT2D eigenvalue weighted by molar-refractivity contribution is 7.71.